The van der Waals surface area contributed by atoms with Gasteiger partial charge in [0.05, 0.1) is 5.88 Å². The van der Waals surface area contributed by atoms with E-state index in [0.717, 1.165) is 31.0 Å². The molecule has 64 valence electrons. The van der Waals surface area contributed by atoms with Crippen LogP contribution in [-0.4, -0.2) is 16.5 Å². The Labute approximate surface area is 76.2 Å². The smallest absolute Gasteiger partial charge is 0.143 e. The van der Waals surface area contributed by atoms with Gasteiger partial charge in [-0.3, -0.25) is 0 Å². The number of alkyl halides is 1. The van der Waals surface area contributed by atoms with Crippen molar-refractivity contribution >= 4 is 11.6 Å². The molecule has 1 N–H and O–H groups in total. The van der Waals surface area contributed by atoms with Gasteiger partial charge >= 0.3 is 0 Å². The minimum absolute atomic E-state index is 0.403. The average molecular weight is 184 g/mol. The Kier molecular flexibility index (Phi) is 2.23. The lowest BCUT2D eigenvalue weighted by Crippen LogP contribution is -2.25. The third-order valence-corrected chi connectivity index (χ3v) is 2.22. The van der Waals surface area contributed by atoms with Crippen molar-refractivity contribution in [3.63, 3.8) is 0 Å². The van der Waals surface area contributed by atoms with E-state index in [4.69, 9.17) is 11.6 Å². The SMILES string of the molecule is ClCc1ncc2c(n1)CCNC2. The van der Waals surface area contributed by atoms with Gasteiger partial charge in [0.1, 0.15) is 5.82 Å². The summed E-state index contributed by atoms with van der Waals surface area (Å²) < 4.78 is 0. The lowest BCUT2D eigenvalue weighted by atomic mass is 10.1. The molecule has 0 saturated heterocycles. The Hall–Kier alpha value is -0.670. The molecule has 1 aromatic heterocycles. The maximum atomic E-state index is 5.63. The summed E-state index contributed by atoms with van der Waals surface area (Å²) in [5.41, 5.74) is 2.36. The molecular formula is C8H10ClN3. The van der Waals surface area contributed by atoms with E-state index >= 15 is 0 Å². The summed E-state index contributed by atoms with van der Waals surface area (Å²) in [5, 5.41) is 3.27. The van der Waals surface area contributed by atoms with E-state index in [9.17, 15) is 0 Å². The van der Waals surface area contributed by atoms with Gasteiger partial charge in [-0.25, -0.2) is 9.97 Å². The first-order valence-corrected chi connectivity index (χ1v) is 4.54. The monoisotopic (exact) mass is 183 g/mol. The topological polar surface area (TPSA) is 37.8 Å². The van der Waals surface area contributed by atoms with E-state index in [-0.39, 0.29) is 0 Å². The highest BCUT2D eigenvalue weighted by Gasteiger charge is 2.10. The molecule has 0 atom stereocenters. The van der Waals surface area contributed by atoms with Crippen LogP contribution in [0.1, 0.15) is 17.1 Å². The van der Waals surface area contributed by atoms with Crippen LogP contribution in [-0.2, 0) is 18.8 Å². The predicted octanol–water partition coefficient (Wildman–Crippen LogP) is 0.861. The molecule has 0 radical (unpaired) electrons. The fourth-order valence-corrected chi connectivity index (χ4v) is 1.47. The molecule has 0 unspecified atom stereocenters. The normalized spacial score (nSPS) is 15.8. The molecule has 0 aliphatic carbocycles. The maximum Gasteiger partial charge on any atom is 0.143 e. The van der Waals surface area contributed by atoms with E-state index in [1.807, 2.05) is 6.20 Å². The molecule has 0 amide bonds. The third kappa shape index (κ3) is 1.42. The van der Waals surface area contributed by atoms with Gasteiger partial charge in [-0.15, -0.1) is 11.6 Å². The van der Waals surface area contributed by atoms with Crippen molar-refractivity contribution in [3.05, 3.63) is 23.3 Å². The van der Waals surface area contributed by atoms with Crippen molar-refractivity contribution < 1.29 is 0 Å². The van der Waals surface area contributed by atoms with Crippen molar-refractivity contribution in [1.82, 2.24) is 15.3 Å². The second kappa shape index (κ2) is 3.37. The first-order chi connectivity index (χ1) is 5.90. The molecule has 2 rings (SSSR count). The zero-order valence-electron chi connectivity index (χ0n) is 6.68. The third-order valence-electron chi connectivity index (χ3n) is 1.98. The molecule has 1 aromatic rings. The van der Waals surface area contributed by atoms with Gasteiger partial charge in [-0.1, -0.05) is 0 Å². The van der Waals surface area contributed by atoms with Crippen LogP contribution in [0.25, 0.3) is 0 Å². The zero-order chi connectivity index (χ0) is 8.39. The lowest BCUT2D eigenvalue weighted by Gasteiger charge is -2.15. The highest BCUT2D eigenvalue weighted by molar-refractivity contribution is 6.16. The molecule has 0 saturated carbocycles. The fraction of sp³-hybridized carbons (Fsp3) is 0.500. The molecule has 1 aliphatic heterocycles. The number of halogens is 1. The Balaban J connectivity index is 2.36. The van der Waals surface area contributed by atoms with Crippen molar-refractivity contribution in [1.29, 1.82) is 0 Å². The van der Waals surface area contributed by atoms with E-state index < -0.39 is 0 Å². The van der Waals surface area contributed by atoms with Crippen LogP contribution >= 0.6 is 11.6 Å². The molecule has 0 fully saturated rings. The zero-order valence-corrected chi connectivity index (χ0v) is 7.43. The van der Waals surface area contributed by atoms with Gasteiger partial charge in [0.2, 0.25) is 0 Å². The summed E-state index contributed by atoms with van der Waals surface area (Å²) >= 11 is 5.63. The standard InChI is InChI=1S/C8H10ClN3/c9-3-8-11-5-6-4-10-2-1-7(6)12-8/h5,10H,1-4H2. The van der Waals surface area contributed by atoms with Crippen LogP contribution in [0.3, 0.4) is 0 Å². The van der Waals surface area contributed by atoms with Gasteiger partial charge in [0.15, 0.2) is 0 Å². The summed E-state index contributed by atoms with van der Waals surface area (Å²) in [4.78, 5) is 8.48. The summed E-state index contributed by atoms with van der Waals surface area (Å²) in [6, 6.07) is 0. The van der Waals surface area contributed by atoms with Gasteiger partial charge in [0.25, 0.3) is 0 Å². The molecule has 0 spiro atoms. The van der Waals surface area contributed by atoms with Gasteiger partial charge in [-0.2, -0.15) is 0 Å². The van der Waals surface area contributed by atoms with Gasteiger partial charge < -0.3 is 5.32 Å². The Morgan fingerprint density at radius 2 is 2.50 bits per heavy atom. The number of nitrogens with one attached hydrogen (secondary N) is 1. The number of fused-ring (bicyclic) bond motifs is 1. The molecule has 4 heteroatoms. The minimum atomic E-state index is 0.403. The number of rotatable bonds is 1. The Morgan fingerprint density at radius 3 is 3.33 bits per heavy atom. The van der Waals surface area contributed by atoms with Crippen molar-refractivity contribution in [2.75, 3.05) is 6.54 Å². The Morgan fingerprint density at radius 1 is 1.58 bits per heavy atom. The first-order valence-electron chi connectivity index (χ1n) is 4.00. The van der Waals surface area contributed by atoms with Gasteiger partial charge in [-0.05, 0) is 0 Å². The van der Waals surface area contributed by atoms with Crippen LogP contribution in [0.4, 0.5) is 0 Å². The molecule has 3 nitrogen and oxygen atoms in total. The molecule has 2 heterocycles. The quantitative estimate of drug-likeness (QED) is 0.657. The molecule has 0 aromatic carbocycles. The molecular weight excluding hydrogens is 174 g/mol. The van der Waals surface area contributed by atoms with Crippen LogP contribution in [0.15, 0.2) is 6.20 Å². The summed E-state index contributed by atoms with van der Waals surface area (Å²) in [6.45, 7) is 1.89. The van der Waals surface area contributed by atoms with Crippen molar-refractivity contribution in [3.8, 4) is 0 Å². The Bertz CT molecular complexity index is 288. The van der Waals surface area contributed by atoms with Crippen LogP contribution in [0.5, 0.6) is 0 Å². The van der Waals surface area contributed by atoms with Crippen molar-refractivity contribution in [2.45, 2.75) is 18.8 Å². The second-order valence-electron chi connectivity index (χ2n) is 2.82. The minimum Gasteiger partial charge on any atom is -0.312 e. The molecule has 0 bridgehead atoms. The van der Waals surface area contributed by atoms with Crippen LogP contribution in [0, 0.1) is 0 Å². The highest BCUT2D eigenvalue weighted by atomic mass is 35.5. The summed E-state index contributed by atoms with van der Waals surface area (Å²) in [5.74, 6) is 1.14. The van der Waals surface area contributed by atoms with E-state index in [2.05, 4.69) is 15.3 Å². The van der Waals surface area contributed by atoms with Crippen LogP contribution in [0.2, 0.25) is 0 Å². The van der Waals surface area contributed by atoms with E-state index in [1.54, 1.807) is 0 Å². The summed E-state index contributed by atoms with van der Waals surface area (Å²) in [6.07, 6.45) is 2.86. The first kappa shape index (κ1) is 7.95. The molecule has 1 aliphatic rings. The fourth-order valence-electron chi connectivity index (χ4n) is 1.34. The number of hydrogen-bond acceptors (Lipinski definition) is 3. The number of nitrogens with zero attached hydrogens (tertiary/aromatic N) is 2. The van der Waals surface area contributed by atoms with Gasteiger partial charge in [0, 0.05) is 37.0 Å². The number of aromatic nitrogens is 2. The van der Waals surface area contributed by atoms with Crippen LogP contribution < -0.4 is 5.32 Å². The van der Waals surface area contributed by atoms with E-state index in [0.29, 0.717) is 5.88 Å². The maximum absolute atomic E-state index is 5.63. The lowest BCUT2D eigenvalue weighted by molar-refractivity contribution is 0.622. The van der Waals surface area contributed by atoms with Crippen molar-refractivity contribution in [2.24, 2.45) is 0 Å². The second-order valence-corrected chi connectivity index (χ2v) is 3.09. The number of hydrogen-bond donors (Lipinski definition) is 1. The molecule has 12 heavy (non-hydrogen) atoms. The average Bonchev–Trinajstić information content (AvgIpc) is 2.17. The van der Waals surface area contributed by atoms with E-state index in [1.165, 1.54) is 5.56 Å². The summed E-state index contributed by atoms with van der Waals surface area (Å²) in [7, 11) is 0. The highest BCUT2D eigenvalue weighted by Crippen LogP contribution is 2.10. The largest absolute Gasteiger partial charge is 0.312 e. The predicted molar refractivity (Wildman–Crippen MR) is 47.0 cm³/mol.